The summed E-state index contributed by atoms with van der Waals surface area (Å²) in [6, 6.07) is 1.62. The zero-order valence-electron chi connectivity index (χ0n) is 12.2. The molecule has 6 heteroatoms. The lowest BCUT2D eigenvalue weighted by Gasteiger charge is -2.14. The van der Waals surface area contributed by atoms with Crippen molar-refractivity contribution in [3.63, 3.8) is 0 Å². The average molecular weight is 290 g/mol. The highest BCUT2D eigenvalue weighted by Crippen LogP contribution is 2.35. The molecule has 0 aliphatic heterocycles. The molecular weight excluding hydrogens is 275 g/mol. The Hall–Kier alpha value is -2.50. The summed E-state index contributed by atoms with van der Waals surface area (Å²) in [5.74, 6) is -0.882. The third-order valence-corrected chi connectivity index (χ3v) is 3.09. The number of carbonyl (C=O) groups excluding carboxylic acids is 1. The predicted molar refractivity (Wildman–Crippen MR) is 74.8 cm³/mol. The molecule has 0 spiro atoms. The highest BCUT2D eigenvalue weighted by atomic mass is 19.1. The normalized spacial score (nSPS) is 10.3. The number of methoxy groups -OCH3 is 2. The van der Waals surface area contributed by atoms with E-state index in [2.05, 4.69) is 9.97 Å². The van der Waals surface area contributed by atoms with Crippen LogP contribution >= 0.6 is 0 Å². The van der Waals surface area contributed by atoms with E-state index in [1.165, 1.54) is 26.6 Å². The molecule has 2 heterocycles. The van der Waals surface area contributed by atoms with Crippen molar-refractivity contribution in [2.24, 2.45) is 0 Å². The molecule has 0 radical (unpaired) electrons. The SMILES string of the molecule is COC(=O)c1cnc(C)cc1-c1c(OC)cnc(C)c1F. The standard InChI is InChI=1S/C15H15FN2O3/c1-8-5-10(11(6-17-8)15(19)21-4)13-12(20-3)7-18-9(2)14(13)16/h5-7H,1-4H3. The number of esters is 1. The van der Waals surface area contributed by atoms with E-state index in [0.717, 1.165) is 0 Å². The Bertz CT molecular complexity index is 702. The minimum absolute atomic E-state index is 0.172. The van der Waals surface area contributed by atoms with E-state index in [-0.39, 0.29) is 22.6 Å². The van der Waals surface area contributed by atoms with E-state index in [0.29, 0.717) is 11.3 Å². The van der Waals surface area contributed by atoms with Crippen LogP contribution in [0.15, 0.2) is 18.5 Å². The summed E-state index contributed by atoms with van der Waals surface area (Å²) in [4.78, 5) is 19.9. The first-order chi connectivity index (χ1) is 9.99. The highest BCUT2D eigenvalue weighted by molar-refractivity contribution is 5.98. The summed E-state index contributed by atoms with van der Waals surface area (Å²) in [6.45, 7) is 3.30. The Morgan fingerprint density at radius 2 is 1.90 bits per heavy atom. The fourth-order valence-corrected chi connectivity index (χ4v) is 2.01. The van der Waals surface area contributed by atoms with Crippen LogP contribution in [-0.2, 0) is 4.74 Å². The van der Waals surface area contributed by atoms with Gasteiger partial charge in [-0.2, -0.15) is 0 Å². The molecule has 0 aromatic carbocycles. The highest BCUT2D eigenvalue weighted by Gasteiger charge is 2.22. The molecule has 0 saturated carbocycles. The minimum atomic E-state index is -0.589. The lowest BCUT2D eigenvalue weighted by Crippen LogP contribution is -2.07. The van der Waals surface area contributed by atoms with Crippen LogP contribution in [0.3, 0.4) is 0 Å². The summed E-state index contributed by atoms with van der Waals surface area (Å²) < 4.78 is 24.4. The quantitative estimate of drug-likeness (QED) is 0.813. The van der Waals surface area contributed by atoms with E-state index in [4.69, 9.17) is 9.47 Å². The van der Waals surface area contributed by atoms with E-state index in [9.17, 15) is 9.18 Å². The van der Waals surface area contributed by atoms with Gasteiger partial charge < -0.3 is 9.47 Å². The van der Waals surface area contributed by atoms with Crippen molar-refractivity contribution < 1.29 is 18.7 Å². The van der Waals surface area contributed by atoms with Gasteiger partial charge in [-0.05, 0) is 19.9 Å². The maximum atomic E-state index is 14.5. The van der Waals surface area contributed by atoms with E-state index in [1.807, 2.05) is 0 Å². The number of aromatic nitrogens is 2. The van der Waals surface area contributed by atoms with Crippen molar-refractivity contribution in [2.45, 2.75) is 13.8 Å². The second kappa shape index (κ2) is 5.87. The van der Waals surface area contributed by atoms with Crippen LogP contribution in [0.5, 0.6) is 5.75 Å². The van der Waals surface area contributed by atoms with Crippen molar-refractivity contribution in [3.05, 3.63) is 41.2 Å². The van der Waals surface area contributed by atoms with Gasteiger partial charge in [0.1, 0.15) is 5.75 Å². The van der Waals surface area contributed by atoms with Gasteiger partial charge in [-0.1, -0.05) is 0 Å². The lowest BCUT2D eigenvalue weighted by molar-refractivity contribution is 0.0601. The molecule has 0 bridgehead atoms. The first kappa shape index (κ1) is 14.9. The molecule has 2 rings (SSSR count). The van der Waals surface area contributed by atoms with Gasteiger partial charge in [-0.25, -0.2) is 9.18 Å². The molecule has 0 fully saturated rings. The molecule has 2 aromatic heterocycles. The second-order valence-electron chi connectivity index (χ2n) is 4.46. The number of carbonyl (C=O) groups is 1. The Morgan fingerprint density at radius 1 is 1.19 bits per heavy atom. The molecule has 110 valence electrons. The smallest absolute Gasteiger partial charge is 0.340 e. The van der Waals surface area contributed by atoms with Crippen LogP contribution in [0.25, 0.3) is 11.1 Å². The van der Waals surface area contributed by atoms with Gasteiger partial charge in [0, 0.05) is 17.5 Å². The van der Waals surface area contributed by atoms with E-state index in [1.54, 1.807) is 19.9 Å². The summed E-state index contributed by atoms with van der Waals surface area (Å²) in [7, 11) is 2.68. The van der Waals surface area contributed by atoms with E-state index >= 15 is 0 Å². The summed E-state index contributed by atoms with van der Waals surface area (Å²) in [5, 5.41) is 0. The maximum absolute atomic E-state index is 14.5. The Kier molecular flexibility index (Phi) is 4.16. The van der Waals surface area contributed by atoms with Crippen molar-refractivity contribution >= 4 is 5.97 Å². The maximum Gasteiger partial charge on any atom is 0.340 e. The zero-order valence-corrected chi connectivity index (χ0v) is 12.2. The molecule has 2 aromatic rings. The second-order valence-corrected chi connectivity index (χ2v) is 4.46. The number of pyridine rings is 2. The lowest BCUT2D eigenvalue weighted by atomic mass is 9.99. The van der Waals surface area contributed by atoms with Gasteiger partial charge in [0.25, 0.3) is 0 Å². The molecular formula is C15H15FN2O3. The van der Waals surface area contributed by atoms with Gasteiger partial charge in [-0.15, -0.1) is 0 Å². The average Bonchev–Trinajstić information content (AvgIpc) is 2.49. The number of aryl methyl sites for hydroxylation is 2. The number of rotatable bonds is 3. The Morgan fingerprint density at radius 3 is 2.52 bits per heavy atom. The Labute approximate surface area is 121 Å². The van der Waals surface area contributed by atoms with Crippen LogP contribution in [0, 0.1) is 19.7 Å². The summed E-state index contributed by atoms with van der Waals surface area (Å²) in [6.07, 6.45) is 2.79. The number of nitrogens with zero attached hydrogens (tertiary/aromatic N) is 2. The number of ether oxygens (including phenoxy) is 2. The molecule has 21 heavy (non-hydrogen) atoms. The van der Waals surface area contributed by atoms with Gasteiger partial charge in [0.05, 0.1) is 37.2 Å². The summed E-state index contributed by atoms with van der Waals surface area (Å²) in [5.41, 5.74) is 1.58. The fourth-order valence-electron chi connectivity index (χ4n) is 2.01. The van der Waals surface area contributed by atoms with Crippen LogP contribution in [0.2, 0.25) is 0 Å². The predicted octanol–water partition coefficient (Wildman–Crippen LogP) is 2.69. The number of hydrogen-bond donors (Lipinski definition) is 0. The molecule has 0 N–H and O–H groups in total. The molecule has 0 aliphatic carbocycles. The first-order valence-electron chi connectivity index (χ1n) is 6.24. The van der Waals surface area contributed by atoms with Crippen molar-refractivity contribution in [2.75, 3.05) is 14.2 Å². The van der Waals surface area contributed by atoms with Crippen molar-refractivity contribution in [1.82, 2.24) is 9.97 Å². The Balaban J connectivity index is 2.80. The molecule has 0 saturated heterocycles. The number of hydrogen-bond acceptors (Lipinski definition) is 5. The zero-order chi connectivity index (χ0) is 15.6. The molecule has 0 atom stereocenters. The van der Waals surface area contributed by atoms with Crippen molar-refractivity contribution in [3.8, 4) is 16.9 Å². The first-order valence-corrected chi connectivity index (χ1v) is 6.24. The van der Waals surface area contributed by atoms with Crippen LogP contribution in [-0.4, -0.2) is 30.2 Å². The molecule has 0 unspecified atom stereocenters. The van der Waals surface area contributed by atoms with Crippen LogP contribution in [0.1, 0.15) is 21.7 Å². The van der Waals surface area contributed by atoms with Gasteiger partial charge in [0.15, 0.2) is 5.82 Å². The fraction of sp³-hybridized carbons (Fsp3) is 0.267. The third-order valence-electron chi connectivity index (χ3n) is 3.09. The van der Waals surface area contributed by atoms with Gasteiger partial charge >= 0.3 is 5.97 Å². The van der Waals surface area contributed by atoms with Crippen molar-refractivity contribution in [1.29, 1.82) is 0 Å². The monoisotopic (exact) mass is 290 g/mol. The minimum Gasteiger partial charge on any atom is -0.494 e. The van der Waals surface area contributed by atoms with Crippen LogP contribution in [0.4, 0.5) is 4.39 Å². The molecule has 5 nitrogen and oxygen atoms in total. The summed E-state index contributed by atoms with van der Waals surface area (Å²) >= 11 is 0. The third kappa shape index (κ3) is 2.69. The molecule has 0 aliphatic rings. The topological polar surface area (TPSA) is 61.3 Å². The van der Waals surface area contributed by atoms with E-state index < -0.39 is 11.8 Å². The van der Waals surface area contributed by atoms with Gasteiger partial charge in [-0.3, -0.25) is 9.97 Å². The van der Waals surface area contributed by atoms with Gasteiger partial charge in [0.2, 0.25) is 0 Å². The number of halogens is 1. The molecule has 0 amide bonds. The largest absolute Gasteiger partial charge is 0.494 e. The van der Waals surface area contributed by atoms with Crippen LogP contribution < -0.4 is 4.74 Å².